The molecule has 1 aromatic carbocycles. The number of amides is 2. The smallest absolute Gasteiger partial charge is 0.311 e. The number of hydrogen-bond acceptors (Lipinski definition) is 4. The van der Waals surface area contributed by atoms with Crippen LogP contribution < -0.4 is 0 Å². The molecule has 0 aliphatic rings. The average molecular weight is 433 g/mol. The number of rotatable bonds is 5. The Morgan fingerprint density at radius 3 is 2.48 bits per heavy atom. The van der Waals surface area contributed by atoms with Crippen LogP contribution in [0.5, 0.6) is 11.8 Å². The minimum atomic E-state index is -0.726. The summed E-state index contributed by atoms with van der Waals surface area (Å²) in [6.45, 7) is 2.47. The van der Waals surface area contributed by atoms with Crippen molar-refractivity contribution in [2.75, 3.05) is 0 Å². The monoisotopic (exact) mass is 432 g/mol. The highest BCUT2D eigenvalue weighted by molar-refractivity contribution is 9.10. The number of benzene rings is 1. The van der Waals surface area contributed by atoms with E-state index >= 15 is 0 Å². The molecule has 27 heavy (non-hydrogen) atoms. The van der Waals surface area contributed by atoms with E-state index in [2.05, 4.69) is 31.1 Å². The number of halogens is 1. The molecule has 0 unspecified atom stereocenters. The number of aromatic amines is 1. The van der Waals surface area contributed by atoms with E-state index in [-0.39, 0.29) is 23.0 Å². The first-order chi connectivity index (χ1) is 12.9. The van der Waals surface area contributed by atoms with Gasteiger partial charge in [-0.3, -0.25) is 14.2 Å². The molecule has 0 spiro atoms. The lowest BCUT2D eigenvalue weighted by atomic mass is 10.1. The summed E-state index contributed by atoms with van der Waals surface area (Å²) >= 11 is 3.20. The molecule has 9 heteroatoms. The molecular weight excluding hydrogens is 416 g/mol. The number of azo groups is 1. The van der Waals surface area contributed by atoms with Gasteiger partial charge in [0.15, 0.2) is 0 Å². The number of carbonyl (C=O) groups excluding carboxylic acids is 2. The van der Waals surface area contributed by atoms with E-state index in [1.54, 1.807) is 6.20 Å². The molecule has 2 amide bonds. The molecule has 0 aliphatic carbocycles. The molecule has 2 heterocycles. The third kappa shape index (κ3) is 3.77. The summed E-state index contributed by atoms with van der Waals surface area (Å²) < 4.78 is 2.08. The van der Waals surface area contributed by atoms with Crippen LogP contribution in [0.15, 0.2) is 45.2 Å². The zero-order chi connectivity index (χ0) is 19.6. The minimum absolute atomic E-state index is 0.0518. The number of hydrogen-bond donors (Lipinski definition) is 3. The molecule has 0 aliphatic heterocycles. The van der Waals surface area contributed by atoms with Crippen molar-refractivity contribution in [3.05, 3.63) is 46.2 Å². The fraction of sp³-hybridized carbons (Fsp3) is 0.222. The lowest BCUT2D eigenvalue weighted by molar-refractivity contribution is 0.0944. The normalized spacial score (nSPS) is 11.5. The van der Waals surface area contributed by atoms with Crippen LogP contribution in [0.4, 0.5) is 0 Å². The van der Waals surface area contributed by atoms with E-state index in [0.717, 1.165) is 12.8 Å². The summed E-state index contributed by atoms with van der Waals surface area (Å²) in [5, 5.41) is 28.2. The van der Waals surface area contributed by atoms with Crippen LogP contribution in [0.1, 0.15) is 40.6 Å². The summed E-state index contributed by atoms with van der Waals surface area (Å²) in [6, 6.07) is 5.93. The number of aromatic hydroxyl groups is 2. The van der Waals surface area contributed by atoms with E-state index in [0.29, 0.717) is 21.8 Å². The first kappa shape index (κ1) is 18.8. The Balaban J connectivity index is 1.86. The van der Waals surface area contributed by atoms with Crippen molar-refractivity contribution in [2.24, 2.45) is 10.2 Å². The lowest BCUT2D eigenvalue weighted by Crippen LogP contribution is -1.98. The topological polar surface area (TPSA) is 120 Å². The highest BCUT2D eigenvalue weighted by atomic mass is 79.9. The summed E-state index contributed by atoms with van der Waals surface area (Å²) in [4.78, 5) is 26.8. The molecule has 3 rings (SSSR count). The van der Waals surface area contributed by atoms with E-state index in [1.165, 1.54) is 28.8 Å². The van der Waals surface area contributed by atoms with Gasteiger partial charge in [-0.05, 0) is 46.6 Å². The lowest BCUT2D eigenvalue weighted by Gasteiger charge is -2.04. The Labute approximate surface area is 162 Å². The van der Waals surface area contributed by atoms with Crippen LogP contribution in [0.2, 0.25) is 0 Å². The van der Waals surface area contributed by atoms with Crippen molar-refractivity contribution in [1.82, 2.24) is 9.55 Å². The highest BCUT2D eigenvalue weighted by Crippen LogP contribution is 2.37. The van der Waals surface area contributed by atoms with E-state index in [1.807, 2.05) is 6.92 Å². The van der Waals surface area contributed by atoms with Crippen LogP contribution in [0.3, 0.4) is 0 Å². The molecule has 0 bridgehead atoms. The van der Waals surface area contributed by atoms with Crippen LogP contribution in [0, 0.1) is 0 Å². The molecule has 140 valence electrons. The van der Waals surface area contributed by atoms with Gasteiger partial charge in [-0.1, -0.05) is 13.3 Å². The fourth-order valence-corrected chi connectivity index (χ4v) is 3.01. The predicted octanol–water partition coefficient (Wildman–Crippen LogP) is 4.38. The number of carbonyl (C=O) groups is 2. The molecular formula is C18H17BrN4O4. The van der Waals surface area contributed by atoms with Gasteiger partial charge >= 0.3 is 5.91 Å². The van der Waals surface area contributed by atoms with Gasteiger partial charge in [0.2, 0.25) is 11.8 Å². The van der Waals surface area contributed by atoms with Crippen molar-refractivity contribution in [3.8, 4) is 11.8 Å². The van der Waals surface area contributed by atoms with Crippen LogP contribution in [-0.2, 0) is 6.54 Å². The van der Waals surface area contributed by atoms with Gasteiger partial charge < -0.3 is 15.2 Å². The number of fused-ring (bicyclic) bond motifs is 1. The molecule has 3 N–H and O–H groups in total. The maximum absolute atomic E-state index is 12.2. The highest BCUT2D eigenvalue weighted by Gasteiger charge is 2.17. The van der Waals surface area contributed by atoms with E-state index < -0.39 is 11.8 Å². The summed E-state index contributed by atoms with van der Waals surface area (Å²) in [7, 11) is 0. The van der Waals surface area contributed by atoms with Crippen LogP contribution >= 0.6 is 15.9 Å². The summed E-state index contributed by atoms with van der Waals surface area (Å²) in [6.07, 6.45) is 3.26. The Morgan fingerprint density at radius 2 is 1.81 bits per heavy atom. The van der Waals surface area contributed by atoms with Crippen LogP contribution in [-0.4, -0.2) is 31.6 Å². The zero-order valence-corrected chi connectivity index (χ0v) is 16.0. The van der Waals surface area contributed by atoms with Gasteiger partial charge in [0, 0.05) is 33.6 Å². The van der Waals surface area contributed by atoms with Crippen molar-refractivity contribution < 1.29 is 19.8 Å². The Bertz CT molecular complexity index is 1050. The second-order valence-electron chi connectivity index (χ2n) is 5.95. The maximum Gasteiger partial charge on any atom is 0.311 e. The third-order valence-corrected chi connectivity index (χ3v) is 4.56. The number of H-pyrrole nitrogens is 1. The second kappa shape index (κ2) is 7.75. The van der Waals surface area contributed by atoms with Gasteiger partial charge in [0.1, 0.15) is 5.69 Å². The van der Waals surface area contributed by atoms with Crippen molar-refractivity contribution >= 4 is 38.5 Å². The molecule has 0 saturated carbocycles. The van der Waals surface area contributed by atoms with Crippen LogP contribution in [0.25, 0.3) is 10.8 Å². The van der Waals surface area contributed by atoms with Gasteiger partial charge in [-0.25, -0.2) is 0 Å². The maximum atomic E-state index is 12.2. The van der Waals surface area contributed by atoms with Gasteiger partial charge in [-0.15, -0.1) is 10.2 Å². The van der Waals surface area contributed by atoms with Crippen molar-refractivity contribution in [2.45, 2.75) is 26.3 Å². The molecule has 0 fully saturated rings. The summed E-state index contributed by atoms with van der Waals surface area (Å²) in [5.74, 6) is -1.57. The van der Waals surface area contributed by atoms with Gasteiger partial charge in [-0.2, -0.15) is 0 Å². The minimum Gasteiger partial charge on any atom is -0.494 e. The largest absolute Gasteiger partial charge is 0.494 e. The molecule has 2 aromatic heterocycles. The van der Waals surface area contributed by atoms with Crippen molar-refractivity contribution in [3.63, 3.8) is 0 Å². The Kier molecular flexibility index (Phi) is 5.41. The number of nitrogens with one attached hydrogen (secondary N) is 1. The van der Waals surface area contributed by atoms with Gasteiger partial charge in [0.25, 0.3) is 5.91 Å². The van der Waals surface area contributed by atoms with E-state index in [4.69, 9.17) is 0 Å². The Hall–Kier alpha value is -2.94. The van der Waals surface area contributed by atoms with E-state index in [9.17, 15) is 19.8 Å². The quantitative estimate of drug-likeness (QED) is 0.518. The number of aromatic nitrogens is 2. The predicted molar refractivity (Wildman–Crippen MR) is 102 cm³/mol. The third-order valence-electron chi connectivity index (χ3n) is 4.10. The standard InChI is InChI=1S/C18H17BrN4O4/c1-2-3-6-23-17(26)12-5-4-10(7-13(12)18(23)27)15(24)21-22-16(25)14-8-11(19)9-20-14/h4-5,7-9,20,26-27H,2-3,6H2,1H3. The molecule has 3 aromatic rings. The molecule has 0 saturated heterocycles. The summed E-state index contributed by atoms with van der Waals surface area (Å²) in [5.41, 5.74) is 0.346. The first-order valence-electron chi connectivity index (χ1n) is 8.30. The van der Waals surface area contributed by atoms with Gasteiger partial charge in [0.05, 0.1) is 0 Å². The average Bonchev–Trinajstić information content (AvgIpc) is 3.20. The van der Waals surface area contributed by atoms with Crippen molar-refractivity contribution in [1.29, 1.82) is 0 Å². The first-order valence-corrected chi connectivity index (χ1v) is 9.10. The fourth-order valence-electron chi connectivity index (χ4n) is 2.67. The number of nitrogens with zero attached hydrogens (tertiary/aromatic N) is 3. The number of unbranched alkanes of at least 4 members (excludes halogenated alkanes) is 1. The zero-order valence-electron chi connectivity index (χ0n) is 14.4. The Morgan fingerprint density at radius 1 is 1.11 bits per heavy atom. The molecule has 0 atom stereocenters. The second-order valence-corrected chi connectivity index (χ2v) is 6.87. The SMILES string of the molecule is CCCCn1c(O)c2ccc(C(=O)N=NC(=O)c3cc(Br)c[nH]3)cc2c1O. The molecule has 8 nitrogen and oxygen atoms in total. The molecule has 0 radical (unpaired) electrons.